The van der Waals surface area contributed by atoms with E-state index >= 15 is 0 Å². The van der Waals surface area contributed by atoms with Crippen LogP contribution in [0.1, 0.15) is 57.3 Å². The standard InChI is InChI=1S/C12H13F3N4.C10H19NO/c1-6(2)11-18-5-9(19-11)7-3-8(12(13,14)15)10(16)17-4-7;1-9-2-3-10(8-9)11-4-6-12-7-5-11/h3-6H,1-2H3,(H2,16,17)(H,18,19);9-10H,2-8H2,1H3. The molecule has 0 spiro atoms. The highest BCUT2D eigenvalue weighted by Crippen LogP contribution is 2.35. The SMILES string of the molecule is CC(C)c1ncc(-c2cnc(N)c(C(F)(F)F)c2)[nH]1.CC1CCC(N2CCOCC2)C1. The molecule has 0 radical (unpaired) electrons. The van der Waals surface area contributed by atoms with Crippen molar-refractivity contribution in [1.82, 2.24) is 19.9 Å². The normalized spacial score (nSPS) is 22.4. The minimum Gasteiger partial charge on any atom is -0.383 e. The van der Waals surface area contributed by atoms with E-state index in [1.165, 1.54) is 31.7 Å². The summed E-state index contributed by atoms with van der Waals surface area (Å²) < 4.78 is 43.5. The lowest BCUT2D eigenvalue weighted by molar-refractivity contribution is -0.137. The number of nitrogens with one attached hydrogen (secondary N) is 1. The van der Waals surface area contributed by atoms with Crippen LogP contribution in [0.5, 0.6) is 0 Å². The predicted octanol–water partition coefficient (Wildman–Crippen LogP) is 4.70. The summed E-state index contributed by atoms with van der Waals surface area (Å²) in [5.41, 5.74) is 5.11. The second kappa shape index (κ2) is 9.99. The van der Waals surface area contributed by atoms with E-state index < -0.39 is 17.6 Å². The molecule has 0 bridgehead atoms. The number of nitrogen functional groups attached to an aromatic ring is 1. The number of anilines is 1. The van der Waals surface area contributed by atoms with Crippen LogP contribution >= 0.6 is 0 Å². The van der Waals surface area contributed by atoms with Crippen molar-refractivity contribution in [3.05, 3.63) is 29.8 Å². The molecule has 1 saturated carbocycles. The Morgan fingerprint density at radius 3 is 2.42 bits per heavy atom. The molecule has 9 heteroatoms. The molecule has 2 atom stereocenters. The van der Waals surface area contributed by atoms with Crippen molar-refractivity contribution in [2.45, 2.75) is 58.2 Å². The zero-order valence-electron chi connectivity index (χ0n) is 18.4. The lowest BCUT2D eigenvalue weighted by atomic mass is 10.1. The topological polar surface area (TPSA) is 80.1 Å². The molecule has 0 aromatic carbocycles. The Morgan fingerprint density at radius 2 is 1.87 bits per heavy atom. The van der Waals surface area contributed by atoms with E-state index in [1.54, 1.807) is 0 Å². The number of morpholine rings is 1. The highest BCUT2D eigenvalue weighted by molar-refractivity contribution is 5.61. The number of aromatic nitrogens is 3. The van der Waals surface area contributed by atoms with E-state index in [9.17, 15) is 13.2 Å². The Bertz CT molecular complexity index is 843. The van der Waals surface area contributed by atoms with Gasteiger partial charge in [-0.15, -0.1) is 0 Å². The molecule has 172 valence electrons. The van der Waals surface area contributed by atoms with Crippen LogP contribution in [-0.4, -0.2) is 52.2 Å². The van der Waals surface area contributed by atoms with Gasteiger partial charge in [0.05, 0.1) is 30.7 Å². The molecule has 31 heavy (non-hydrogen) atoms. The first-order valence-corrected chi connectivity index (χ1v) is 10.8. The van der Waals surface area contributed by atoms with Gasteiger partial charge in [0, 0.05) is 36.8 Å². The third kappa shape index (κ3) is 6.20. The van der Waals surface area contributed by atoms with Gasteiger partial charge in [-0.05, 0) is 31.2 Å². The molecule has 2 aliphatic rings. The van der Waals surface area contributed by atoms with Crippen LogP contribution < -0.4 is 5.73 Å². The number of ether oxygens (including phenoxy) is 1. The van der Waals surface area contributed by atoms with Gasteiger partial charge in [0.25, 0.3) is 0 Å². The van der Waals surface area contributed by atoms with Gasteiger partial charge in [0.2, 0.25) is 0 Å². The van der Waals surface area contributed by atoms with Crippen molar-refractivity contribution in [3.63, 3.8) is 0 Å². The Kier molecular flexibility index (Phi) is 7.59. The van der Waals surface area contributed by atoms with Crippen molar-refractivity contribution >= 4 is 5.82 Å². The van der Waals surface area contributed by atoms with Crippen LogP contribution in [0.2, 0.25) is 0 Å². The van der Waals surface area contributed by atoms with Crippen molar-refractivity contribution in [2.24, 2.45) is 5.92 Å². The van der Waals surface area contributed by atoms with E-state index in [2.05, 4.69) is 26.8 Å². The Hall–Kier alpha value is -2.13. The first-order chi connectivity index (χ1) is 14.6. The molecule has 1 aliphatic carbocycles. The maximum atomic E-state index is 12.7. The van der Waals surface area contributed by atoms with Crippen molar-refractivity contribution in [3.8, 4) is 11.3 Å². The van der Waals surface area contributed by atoms with Crippen LogP contribution in [0.3, 0.4) is 0 Å². The maximum absolute atomic E-state index is 12.7. The summed E-state index contributed by atoms with van der Waals surface area (Å²) in [6, 6.07) is 1.85. The minimum atomic E-state index is -4.52. The van der Waals surface area contributed by atoms with Gasteiger partial charge < -0.3 is 15.5 Å². The number of hydrogen-bond donors (Lipinski definition) is 2. The number of rotatable bonds is 3. The predicted molar refractivity (Wildman–Crippen MR) is 115 cm³/mol. The van der Waals surface area contributed by atoms with Crippen molar-refractivity contribution in [2.75, 3.05) is 32.0 Å². The number of aromatic amines is 1. The van der Waals surface area contributed by atoms with E-state index in [4.69, 9.17) is 10.5 Å². The van der Waals surface area contributed by atoms with E-state index in [-0.39, 0.29) is 5.92 Å². The molecular formula is C22H32F3N5O. The number of pyridine rings is 1. The Morgan fingerprint density at radius 1 is 1.16 bits per heavy atom. The van der Waals surface area contributed by atoms with Gasteiger partial charge in [0.1, 0.15) is 11.6 Å². The van der Waals surface area contributed by atoms with E-state index in [0.717, 1.165) is 44.3 Å². The second-order valence-electron chi connectivity index (χ2n) is 8.71. The summed E-state index contributed by atoms with van der Waals surface area (Å²) in [7, 11) is 0. The smallest absolute Gasteiger partial charge is 0.383 e. The summed E-state index contributed by atoms with van der Waals surface area (Å²) >= 11 is 0. The summed E-state index contributed by atoms with van der Waals surface area (Å²) in [6.07, 6.45) is 2.53. The number of H-pyrrole nitrogens is 1. The van der Waals surface area contributed by atoms with Crippen molar-refractivity contribution < 1.29 is 17.9 Å². The van der Waals surface area contributed by atoms with Crippen LogP contribution in [0.4, 0.5) is 19.0 Å². The first-order valence-electron chi connectivity index (χ1n) is 10.8. The molecule has 2 aromatic heterocycles. The van der Waals surface area contributed by atoms with Gasteiger partial charge in [-0.2, -0.15) is 13.2 Å². The van der Waals surface area contributed by atoms with Crippen LogP contribution in [0, 0.1) is 5.92 Å². The Labute approximate surface area is 181 Å². The van der Waals surface area contributed by atoms with E-state index in [1.807, 2.05) is 13.8 Å². The molecule has 4 rings (SSSR count). The molecule has 2 fully saturated rings. The number of halogens is 3. The maximum Gasteiger partial charge on any atom is 0.419 e. The van der Waals surface area contributed by atoms with Gasteiger partial charge >= 0.3 is 6.18 Å². The van der Waals surface area contributed by atoms with Gasteiger partial charge in [0.15, 0.2) is 0 Å². The number of nitrogens with zero attached hydrogens (tertiary/aromatic N) is 3. The van der Waals surface area contributed by atoms with E-state index in [0.29, 0.717) is 17.1 Å². The quantitative estimate of drug-likeness (QED) is 0.724. The highest BCUT2D eigenvalue weighted by Gasteiger charge is 2.34. The molecule has 3 N–H and O–H groups in total. The number of imidazole rings is 1. The molecule has 1 saturated heterocycles. The van der Waals surface area contributed by atoms with Crippen molar-refractivity contribution in [1.29, 1.82) is 0 Å². The molecule has 3 heterocycles. The molecule has 6 nitrogen and oxygen atoms in total. The lowest BCUT2D eigenvalue weighted by Crippen LogP contribution is -2.42. The average Bonchev–Trinajstić information content (AvgIpc) is 3.38. The third-order valence-electron chi connectivity index (χ3n) is 5.91. The third-order valence-corrected chi connectivity index (χ3v) is 5.91. The van der Waals surface area contributed by atoms with Gasteiger partial charge in [-0.1, -0.05) is 20.8 Å². The van der Waals surface area contributed by atoms with Crippen LogP contribution in [0.25, 0.3) is 11.3 Å². The number of alkyl halides is 3. The fourth-order valence-electron chi connectivity index (χ4n) is 4.08. The Balaban J connectivity index is 0.000000194. The lowest BCUT2D eigenvalue weighted by Gasteiger charge is -2.32. The largest absolute Gasteiger partial charge is 0.419 e. The fourth-order valence-corrected chi connectivity index (χ4v) is 4.08. The summed E-state index contributed by atoms with van der Waals surface area (Å²) in [6.45, 7) is 10.5. The number of nitrogens with two attached hydrogens (primary N) is 1. The fraction of sp³-hybridized carbons (Fsp3) is 0.636. The molecular weight excluding hydrogens is 407 g/mol. The molecule has 2 unspecified atom stereocenters. The minimum absolute atomic E-state index is 0.164. The summed E-state index contributed by atoms with van der Waals surface area (Å²) in [4.78, 5) is 13.3. The summed E-state index contributed by atoms with van der Waals surface area (Å²) in [5.74, 6) is 1.30. The molecule has 1 aliphatic heterocycles. The van der Waals surface area contributed by atoms with Crippen LogP contribution in [0.15, 0.2) is 18.5 Å². The monoisotopic (exact) mass is 439 g/mol. The first kappa shape index (κ1) is 23.5. The molecule has 0 amide bonds. The highest BCUT2D eigenvalue weighted by atomic mass is 19.4. The van der Waals surface area contributed by atoms with Gasteiger partial charge in [-0.3, -0.25) is 4.90 Å². The zero-order chi connectivity index (χ0) is 22.6. The average molecular weight is 440 g/mol. The van der Waals surface area contributed by atoms with Crippen LogP contribution in [-0.2, 0) is 10.9 Å². The molecule has 2 aromatic rings. The summed E-state index contributed by atoms with van der Waals surface area (Å²) in [5, 5.41) is 0. The zero-order valence-corrected chi connectivity index (χ0v) is 18.4. The second-order valence-corrected chi connectivity index (χ2v) is 8.71. The number of hydrogen-bond acceptors (Lipinski definition) is 5. The van der Waals surface area contributed by atoms with Gasteiger partial charge in [-0.25, -0.2) is 9.97 Å².